The number of carbonyl (C=O) groups is 2. The van der Waals surface area contributed by atoms with Gasteiger partial charge in [-0.15, -0.1) is 11.3 Å². The third-order valence-electron chi connectivity index (χ3n) is 2.61. The molecule has 0 aliphatic carbocycles. The third kappa shape index (κ3) is 3.30. The molecular formula is C14H12BrNO2S. The molecule has 0 spiro atoms. The molecule has 3 nitrogen and oxygen atoms in total. The van der Waals surface area contributed by atoms with E-state index in [1.54, 1.807) is 12.1 Å². The van der Waals surface area contributed by atoms with Gasteiger partial charge in [-0.25, -0.2) is 0 Å². The van der Waals surface area contributed by atoms with Gasteiger partial charge in [-0.3, -0.25) is 9.59 Å². The van der Waals surface area contributed by atoms with Crippen molar-refractivity contribution in [1.82, 2.24) is 0 Å². The molecule has 0 saturated carbocycles. The smallest absolute Gasteiger partial charge is 0.265 e. The summed E-state index contributed by atoms with van der Waals surface area (Å²) in [5.41, 5.74) is 1.75. The molecule has 0 aliphatic heterocycles. The molecule has 1 aromatic heterocycles. The number of halogens is 1. The summed E-state index contributed by atoms with van der Waals surface area (Å²) in [4.78, 5) is 24.4. The fraction of sp³-hybridized carbons (Fsp3) is 0.143. The van der Waals surface area contributed by atoms with E-state index < -0.39 is 0 Å². The van der Waals surface area contributed by atoms with Crippen molar-refractivity contribution in [2.75, 3.05) is 5.32 Å². The minimum absolute atomic E-state index is 0.0242. The van der Waals surface area contributed by atoms with Crippen LogP contribution in [0.25, 0.3) is 0 Å². The summed E-state index contributed by atoms with van der Waals surface area (Å²) in [6.45, 7) is 3.42. The number of hydrogen-bond acceptors (Lipinski definition) is 3. The van der Waals surface area contributed by atoms with Gasteiger partial charge in [0.05, 0.1) is 9.75 Å². The van der Waals surface area contributed by atoms with E-state index >= 15 is 0 Å². The van der Waals surface area contributed by atoms with Crippen LogP contribution in [0.5, 0.6) is 0 Å². The molecular weight excluding hydrogens is 326 g/mol. The number of rotatable bonds is 3. The number of hydrogen-bond donors (Lipinski definition) is 1. The largest absolute Gasteiger partial charge is 0.321 e. The van der Waals surface area contributed by atoms with Crippen LogP contribution in [0, 0.1) is 6.92 Å². The second-order valence-electron chi connectivity index (χ2n) is 4.13. The molecule has 0 aliphatic rings. The van der Waals surface area contributed by atoms with Crippen LogP contribution in [0.15, 0.2) is 34.8 Å². The number of Topliss-reactive ketones (excluding diaryl/α,β-unsaturated/α-hetero) is 1. The van der Waals surface area contributed by atoms with E-state index in [2.05, 4.69) is 21.2 Å². The third-order valence-corrected chi connectivity index (χ3v) is 4.29. The number of amides is 1. The lowest BCUT2D eigenvalue weighted by Gasteiger charge is -2.07. The summed E-state index contributed by atoms with van der Waals surface area (Å²) in [5.74, 6) is -0.216. The molecule has 2 aromatic rings. The van der Waals surface area contributed by atoms with Crippen LogP contribution in [-0.4, -0.2) is 11.7 Å². The minimum Gasteiger partial charge on any atom is -0.321 e. The van der Waals surface area contributed by atoms with E-state index in [-0.39, 0.29) is 11.7 Å². The Balaban J connectivity index is 2.18. The topological polar surface area (TPSA) is 46.2 Å². The zero-order valence-electron chi connectivity index (χ0n) is 10.5. The fourth-order valence-corrected chi connectivity index (χ4v) is 2.87. The summed E-state index contributed by atoms with van der Waals surface area (Å²) in [5, 5.41) is 2.85. The van der Waals surface area contributed by atoms with Gasteiger partial charge in [0.25, 0.3) is 5.91 Å². The first-order valence-corrected chi connectivity index (χ1v) is 7.26. The summed E-state index contributed by atoms with van der Waals surface area (Å²) in [6, 6.07) is 9.00. The average Bonchev–Trinajstić information content (AvgIpc) is 2.82. The second kappa shape index (κ2) is 5.67. The highest BCUT2D eigenvalue weighted by atomic mass is 79.9. The molecule has 1 N–H and O–H groups in total. The average molecular weight is 338 g/mol. The molecule has 1 amide bonds. The van der Waals surface area contributed by atoms with Gasteiger partial charge in [-0.1, -0.05) is 15.9 Å². The first-order chi connectivity index (χ1) is 8.97. The Morgan fingerprint density at radius 3 is 2.42 bits per heavy atom. The zero-order valence-corrected chi connectivity index (χ0v) is 12.9. The number of aryl methyl sites for hydroxylation is 1. The Bertz CT molecular complexity index is 649. The van der Waals surface area contributed by atoms with Crippen molar-refractivity contribution in [3.8, 4) is 0 Å². The Kier molecular flexibility index (Phi) is 4.17. The fourth-order valence-electron chi connectivity index (χ4n) is 1.60. The van der Waals surface area contributed by atoms with Crippen LogP contribution in [0.2, 0.25) is 0 Å². The molecule has 1 aromatic carbocycles. The molecule has 0 saturated heterocycles. The molecule has 19 heavy (non-hydrogen) atoms. The van der Waals surface area contributed by atoms with Gasteiger partial charge in [-0.2, -0.15) is 0 Å². The predicted molar refractivity (Wildman–Crippen MR) is 81.2 cm³/mol. The molecule has 0 bridgehead atoms. The second-order valence-corrected chi connectivity index (χ2v) is 6.13. The lowest BCUT2D eigenvalue weighted by molar-refractivity contribution is 0.101. The van der Waals surface area contributed by atoms with Crippen molar-refractivity contribution in [3.05, 3.63) is 50.1 Å². The number of anilines is 1. The highest BCUT2D eigenvalue weighted by Gasteiger charge is 2.12. The van der Waals surface area contributed by atoms with Gasteiger partial charge in [-0.05, 0) is 49.7 Å². The van der Waals surface area contributed by atoms with Crippen molar-refractivity contribution < 1.29 is 9.59 Å². The van der Waals surface area contributed by atoms with E-state index in [9.17, 15) is 9.59 Å². The SMILES string of the molecule is CC(=O)c1ccc(C(=O)Nc2ccc(Br)cc2C)s1. The number of carbonyl (C=O) groups excluding carboxylic acids is 2. The molecule has 0 fully saturated rings. The lowest BCUT2D eigenvalue weighted by atomic mass is 10.2. The van der Waals surface area contributed by atoms with Gasteiger partial charge >= 0.3 is 0 Å². The van der Waals surface area contributed by atoms with Crippen molar-refractivity contribution in [2.24, 2.45) is 0 Å². The molecule has 5 heteroatoms. The van der Waals surface area contributed by atoms with Crippen LogP contribution in [0.4, 0.5) is 5.69 Å². The molecule has 0 unspecified atom stereocenters. The van der Waals surface area contributed by atoms with E-state index in [0.29, 0.717) is 9.75 Å². The Morgan fingerprint density at radius 1 is 1.16 bits per heavy atom. The van der Waals surface area contributed by atoms with Crippen LogP contribution in [0.3, 0.4) is 0 Å². The van der Waals surface area contributed by atoms with Crippen LogP contribution in [0.1, 0.15) is 31.8 Å². The quantitative estimate of drug-likeness (QED) is 0.850. The maximum absolute atomic E-state index is 12.1. The van der Waals surface area contributed by atoms with Gasteiger partial charge in [0, 0.05) is 10.2 Å². The summed E-state index contributed by atoms with van der Waals surface area (Å²) in [6.07, 6.45) is 0. The highest BCUT2D eigenvalue weighted by Crippen LogP contribution is 2.22. The van der Waals surface area contributed by atoms with Crippen LogP contribution >= 0.6 is 27.3 Å². The van der Waals surface area contributed by atoms with Crippen molar-refractivity contribution in [3.63, 3.8) is 0 Å². The van der Waals surface area contributed by atoms with E-state index in [1.165, 1.54) is 18.3 Å². The van der Waals surface area contributed by atoms with E-state index in [4.69, 9.17) is 0 Å². The molecule has 0 radical (unpaired) electrons. The number of ketones is 1. The number of benzene rings is 1. The molecule has 0 atom stereocenters. The lowest BCUT2D eigenvalue weighted by Crippen LogP contribution is -2.11. The zero-order chi connectivity index (χ0) is 14.0. The Morgan fingerprint density at radius 2 is 1.84 bits per heavy atom. The number of nitrogens with one attached hydrogen (secondary N) is 1. The van der Waals surface area contributed by atoms with Crippen molar-refractivity contribution in [2.45, 2.75) is 13.8 Å². The Hall–Kier alpha value is -1.46. The first kappa shape index (κ1) is 14.0. The summed E-state index contributed by atoms with van der Waals surface area (Å²) in [7, 11) is 0. The maximum Gasteiger partial charge on any atom is 0.265 e. The summed E-state index contributed by atoms with van der Waals surface area (Å²) < 4.78 is 0.970. The van der Waals surface area contributed by atoms with Crippen LogP contribution in [-0.2, 0) is 0 Å². The summed E-state index contributed by atoms with van der Waals surface area (Å²) >= 11 is 4.59. The van der Waals surface area contributed by atoms with E-state index in [1.807, 2.05) is 25.1 Å². The van der Waals surface area contributed by atoms with Crippen molar-refractivity contribution in [1.29, 1.82) is 0 Å². The van der Waals surface area contributed by atoms with Gasteiger partial charge in [0.1, 0.15) is 0 Å². The highest BCUT2D eigenvalue weighted by molar-refractivity contribution is 9.10. The standard InChI is InChI=1S/C14H12BrNO2S/c1-8-7-10(15)3-4-11(8)16-14(18)13-6-5-12(19-13)9(2)17/h3-7H,1-2H3,(H,16,18). The van der Waals surface area contributed by atoms with Crippen LogP contribution < -0.4 is 5.32 Å². The molecule has 2 rings (SSSR count). The molecule has 1 heterocycles. The predicted octanol–water partition coefficient (Wildman–Crippen LogP) is 4.27. The molecule has 98 valence electrons. The normalized spacial score (nSPS) is 10.3. The first-order valence-electron chi connectivity index (χ1n) is 5.65. The van der Waals surface area contributed by atoms with Crippen molar-refractivity contribution >= 4 is 44.6 Å². The van der Waals surface area contributed by atoms with Gasteiger partial charge < -0.3 is 5.32 Å². The Labute approximate surface area is 123 Å². The van der Waals surface area contributed by atoms with E-state index in [0.717, 1.165) is 15.7 Å². The number of thiophene rings is 1. The monoisotopic (exact) mass is 337 g/mol. The van der Waals surface area contributed by atoms with Gasteiger partial charge in [0.2, 0.25) is 0 Å². The maximum atomic E-state index is 12.1. The van der Waals surface area contributed by atoms with Gasteiger partial charge in [0.15, 0.2) is 5.78 Å². The minimum atomic E-state index is -0.192.